The highest BCUT2D eigenvalue weighted by Gasteiger charge is 2.43. The third-order valence-corrected chi connectivity index (χ3v) is 13.0. The Kier molecular flexibility index (Phi) is 11.8. The summed E-state index contributed by atoms with van der Waals surface area (Å²) < 4.78 is 54.0. The number of aryl methyl sites for hydroxylation is 2. The minimum atomic E-state index is -2.73. The Hall–Kier alpha value is -5.70. The average Bonchev–Trinajstić information content (AvgIpc) is 3.54. The first-order chi connectivity index (χ1) is 30.6. The zero-order valence-corrected chi connectivity index (χ0v) is 38.3. The zero-order chi connectivity index (χ0) is 45.0. The van der Waals surface area contributed by atoms with Crippen LogP contribution in [-0.4, -0.2) is 105 Å². The highest BCUT2D eigenvalue weighted by Crippen LogP contribution is 2.42. The summed E-state index contributed by atoms with van der Waals surface area (Å²) in [6.07, 6.45) is 0.197. The summed E-state index contributed by atoms with van der Waals surface area (Å²) in [5.41, 5.74) is 9.34. The monoisotopic (exact) mass is 872 g/mol. The Bertz CT molecular complexity index is 2710. The summed E-state index contributed by atoms with van der Waals surface area (Å²) in [7, 11) is 11.6. The van der Waals surface area contributed by atoms with E-state index in [9.17, 15) is 8.78 Å². The maximum Gasteiger partial charge on any atom is 0.318 e. The van der Waals surface area contributed by atoms with Gasteiger partial charge >= 0.3 is 12.0 Å². The number of anilines is 3. The lowest BCUT2D eigenvalue weighted by atomic mass is 9.91. The van der Waals surface area contributed by atoms with Crippen LogP contribution in [-0.2, 0) is 35.5 Å². The number of aromatic nitrogens is 4. The van der Waals surface area contributed by atoms with Gasteiger partial charge in [-0.05, 0) is 72.3 Å². The van der Waals surface area contributed by atoms with Crippen LogP contribution in [0, 0.1) is 13.8 Å². The molecule has 6 aromatic rings. The summed E-state index contributed by atoms with van der Waals surface area (Å²) in [6.45, 7) is 7.46. The summed E-state index contributed by atoms with van der Waals surface area (Å²) >= 11 is 0. The first-order valence-corrected chi connectivity index (χ1v) is 22.1. The van der Waals surface area contributed by atoms with Crippen molar-refractivity contribution in [1.29, 1.82) is 0 Å². The van der Waals surface area contributed by atoms with Crippen LogP contribution >= 0.6 is 0 Å². The van der Waals surface area contributed by atoms with Gasteiger partial charge in [0.2, 0.25) is 0 Å². The SMILES string of the molecule is Cc1cccc2cccc(C3Cc4nc(OC(C)CN(C)c5ccc(C6Cc7nc(OC[C@@H]8CC(F)(F)CN8C)nc(N(C)C)c7CO6)c6c(C)cccc56)nc(N(C)C)c4CO3)c12. The molecule has 0 N–H and O–H groups in total. The molecule has 14 heteroatoms. The summed E-state index contributed by atoms with van der Waals surface area (Å²) in [5, 5.41) is 4.67. The molecule has 3 aliphatic heterocycles. The fraction of sp³-hybridized carbons (Fsp3) is 0.440. The van der Waals surface area contributed by atoms with Gasteiger partial charge in [-0.3, -0.25) is 4.90 Å². The summed E-state index contributed by atoms with van der Waals surface area (Å²) in [5.74, 6) is -1.23. The van der Waals surface area contributed by atoms with Crippen LogP contribution in [0.2, 0.25) is 0 Å². The number of rotatable bonds is 12. The minimum Gasteiger partial charge on any atom is -0.462 e. The Morgan fingerprint density at radius 1 is 0.750 bits per heavy atom. The number of hydrogen-bond acceptors (Lipinski definition) is 12. The smallest absolute Gasteiger partial charge is 0.318 e. The molecule has 0 aliphatic carbocycles. The molecule has 0 bridgehead atoms. The molecule has 0 radical (unpaired) electrons. The highest BCUT2D eigenvalue weighted by atomic mass is 19.3. The average molecular weight is 873 g/mol. The molecule has 3 aliphatic rings. The van der Waals surface area contributed by atoms with Gasteiger partial charge in [0.25, 0.3) is 5.92 Å². The van der Waals surface area contributed by atoms with Crippen LogP contribution in [0.4, 0.5) is 26.1 Å². The van der Waals surface area contributed by atoms with E-state index in [2.05, 4.69) is 104 Å². The van der Waals surface area contributed by atoms with Crippen LogP contribution in [0.15, 0.2) is 66.7 Å². The Morgan fingerprint density at radius 2 is 1.33 bits per heavy atom. The fourth-order valence-corrected chi connectivity index (χ4v) is 9.87. The maximum atomic E-state index is 14.1. The van der Waals surface area contributed by atoms with Gasteiger partial charge in [-0.15, -0.1) is 0 Å². The molecule has 0 saturated carbocycles. The van der Waals surface area contributed by atoms with Crippen molar-refractivity contribution < 1.29 is 27.7 Å². The van der Waals surface area contributed by atoms with Gasteiger partial charge in [-0.25, -0.2) is 8.78 Å². The van der Waals surface area contributed by atoms with Crippen LogP contribution < -0.4 is 24.2 Å². The topological polar surface area (TPSA) is 101 Å². The molecule has 4 atom stereocenters. The first kappa shape index (κ1) is 43.5. The molecule has 1 saturated heterocycles. The van der Waals surface area contributed by atoms with Crippen LogP contribution in [0.5, 0.6) is 12.0 Å². The summed E-state index contributed by atoms with van der Waals surface area (Å²) in [4.78, 5) is 27.2. The molecule has 336 valence electrons. The number of benzene rings is 4. The van der Waals surface area contributed by atoms with Gasteiger partial charge in [-0.1, -0.05) is 60.7 Å². The van der Waals surface area contributed by atoms with Gasteiger partial charge in [0.15, 0.2) is 0 Å². The number of ether oxygens (including phenoxy) is 4. The Balaban J connectivity index is 0.936. The van der Waals surface area contributed by atoms with Gasteiger partial charge in [0, 0.05) is 82.7 Å². The van der Waals surface area contributed by atoms with E-state index in [0.29, 0.717) is 44.4 Å². The molecular formula is C50H58F2N8O4. The number of alkyl halides is 2. The molecule has 1 fully saturated rings. The second-order valence-corrected chi connectivity index (χ2v) is 18.2. The minimum absolute atomic E-state index is 0.0831. The number of nitrogens with zero attached hydrogens (tertiary/aromatic N) is 8. The highest BCUT2D eigenvalue weighted by molar-refractivity contribution is 5.98. The lowest BCUT2D eigenvalue weighted by Gasteiger charge is -2.31. The quantitative estimate of drug-likeness (QED) is 0.118. The molecule has 64 heavy (non-hydrogen) atoms. The van der Waals surface area contributed by atoms with Crippen LogP contribution in [0.1, 0.15) is 70.3 Å². The van der Waals surface area contributed by atoms with Crippen molar-refractivity contribution in [2.75, 3.05) is 76.7 Å². The molecule has 9 rings (SSSR count). The van der Waals surface area contributed by atoms with Gasteiger partial charge in [-0.2, -0.15) is 19.9 Å². The Morgan fingerprint density at radius 3 is 1.95 bits per heavy atom. The molecule has 5 heterocycles. The molecular weight excluding hydrogens is 815 g/mol. The van der Waals surface area contributed by atoms with Crippen LogP contribution in [0.25, 0.3) is 21.5 Å². The Labute approximate surface area is 374 Å². The van der Waals surface area contributed by atoms with Crippen molar-refractivity contribution in [2.24, 2.45) is 0 Å². The van der Waals surface area contributed by atoms with E-state index in [0.717, 1.165) is 55.9 Å². The summed E-state index contributed by atoms with van der Waals surface area (Å²) in [6, 6.07) is 23.6. The van der Waals surface area contributed by atoms with Crippen molar-refractivity contribution >= 4 is 38.9 Å². The number of fused-ring (bicyclic) bond motifs is 4. The number of hydrogen-bond donors (Lipinski definition) is 0. The van der Waals surface area contributed by atoms with Crippen molar-refractivity contribution in [1.82, 2.24) is 24.8 Å². The zero-order valence-electron chi connectivity index (χ0n) is 38.3. The van der Waals surface area contributed by atoms with Crippen molar-refractivity contribution in [3.05, 3.63) is 111 Å². The van der Waals surface area contributed by atoms with Crippen molar-refractivity contribution in [3.63, 3.8) is 0 Å². The normalized spacial score (nSPS) is 19.9. The lowest BCUT2D eigenvalue weighted by molar-refractivity contribution is 0.0136. The van der Waals surface area contributed by atoms with E-state index in [-0.39, 0.29) is 43.9 Å². The maximum absolute atomic E-state index is 14.1. The second-order valence-electron chi connectivity index (χ2n) is 18.2. The molecule has 2 aromatic heterocycles. The molecule has 12 nitrogen and oxygen atoms in total. The second kappa shape index (κ2) is 17.4. The van der Waals surface area contributed by atoms with E-state index in [1.807, 2.05) is 38.0 Å². The van der Waals surface area contributed by atoms with Crippen molar-refractivity contribution in [2.45, 2.75) is 83.5 Å². The standard InChI is InChI=1S/C50H58F2N8O4/c1-29-13-10-15-32-16-12-18-35(44(29)32)42-22-40-38(27-61-42)47(58(6)7)56-49(54-40)64-31(3)24-59(8)41-20-19-36(45-30(2)14-11-17-34(41)45)43-21-39-37(26-62-43)46(57(4)5)55-48(53-39)63-25-33-23-50(51,52)28-60(33)9/h10-20,31,33,42-43H,21-28H2,1-9H3/t31?,33-,42?,43?/m0/s1. The van der Waals surface area contributed by atoms with Gasteiger partial charge < -0.3 is 33.6 Å². The number of likely N-dealkylation sites (N-methyl/N-ethyl adjacent to an activating group) is 2. The predicted molar refractivity (Wildman–Crippen MR) is 247 cm³/mol. The number of halogens is 2. The van der Waals surface area contributed by atoms with E-state index in [1.54, 1.807) is 11.9 Å². The van der Waals surface area contributed by atoms with E-state index >= 15 is 0 Å². The molecule has 3 unspecified atom stereocenters. The van der Waals surface area contributed by atoms with Crippen LogP contribution in [0.3, 0.4) is 0 Å². The van der Waals surface area contributed by atoms with Crippen molar-refractivity contribution in [3.8, 4) is 12.0 Å². The fourth-order valence-electron chi connectivity index (χ4n) is 9.87. The lowest BCUT2D eigenvalue weighted by Crippen LogP contribution is -2.32. The first-order valence-electron chi connectivity index (χ1n) is 22.1. The predicted octanol–water partition coefficient (Wildman–Crippen LogP) is 8.57. The number of likely N-dealkylation sites (tertiary alicyclic amines) is 1. The van der Waals surface area contributed by atoms with E-state index in [1.165, 1.54) is 21.9 Å². The van der Waals surface area contributed by atoms with Gasteiger partial charge in [0.05, 0.1) is 49.9 Å². The molecule has 4 aromatic carbocycles. The molecule has 0 amide bonds. The van der Waals surface area contributed by atoms with E-state index < -0.39 is 12.0 Å². The van der Waals surface area contributed by atoms with Gasteiger partial charge in [0.1, 0.15) is 24.3 Å². The third-order valence-electron chi connectivity index (χ3n) is 13.0. The largest absolute Gasteiger partial charge is 0.462 e. The third kappa shape index (κ3) is 8.50. The van der Waals surface area contributed by atoms with E-state index in [4.69, 9.17) is 33.9 Å². The molecule has 0 spiro atoms.